The first kappa shape index (κ1) is 38.2. The Balaban J connectivity index is 1.67. The van der Waals surface area contributed by atoms with E-state index in [0.717, 1.165) is 9.87 Å². The second-order valence-corrected chi connectivity index (χ2v) is 15.1. The van der Waals surface area contributed by atoms with Crippen molar-refractivity contribution in [2.45, 2.75) is 77.9 Å². The Kier molecular flexibility index (Phi) is 14.2. The largest absolute Gasteiger partial charge is 0.391 e. The predicted octanol–water partition coefficient (Wildman–Crippen LogP) is 4.64. The molecule has 0 spiro atoms. The van der Waals surface area contributed by atoms with Gasteiger partial charge >= 0.3 is 0 Å². The summed E-state index contributed by atoms with van der Waals surface area (Å²) < 4.78 is 27.4. The highest BCUT2D eigenvalue weighted by Crippen LogP contribution is 2.24. The Bertz CT molecular complexity index is 1600. The van der Waals surface area contributed by atoms with Crippen LogP contribution >= 0.6 is 0 Å². The SMILES string of the molecule is CC(C)C[C@H](NC(=O)c1cccc(N(C)S(=O)(=O)Cc2ccccc2)c1)[C@@H](O)C[C@H](C(=O)N[C@@H](C)C(=O)NCc1ccccc1)C(C)C. The predicted molar refractivity (Wildman–Crippen MR) is 189 cm³/mol. The van der Waals surface area contributed by atoms with E-state index in [2.05, 4.69) is 16.0 Å². The number of carbonyl (C=O) groups is 3. The number of carbonyl (C=O) groups excluding carboxylic acids is 3. The van der Waals surface area contributed by atoms with Crippen LogP contribution in [0.1, 0.15) is 68.9 Å². The van der Waals surface area contributed by atoms with Crippen LogP contribution in [-0.2, 0) is 31.9 Å². The zero-order valence-electron chi connectivity index (χ0n) is 28.7. The van der Waals surface area contributed by atoms with Crippen molar-refractivity contribution in [3.63, 3.8) is 0 Å². The number of anilines is 1. The fraction of sp³-hybridized carbons (Fsp3) is 0.432. The molecule has 3 aromatic rings. The molecule has 3 rings (SSSR count). The number of aliphatic hydroxyl groups excluding tert-OH is 1. The molecular weight excluding hydrogens is 628 g/mol. The van der Waals surface area contributed by atoms with Crippen LogP contribution in [0, 0.1) is 17.8 Å². The fourth-order valence-corrected chi connectivity index (χ4v) is 6.63. The van der Waals surface area contributed by atoms with Gasteiger partial charge in [0, 0.05) is 25.1 Å². The first-order valence-electron chi connectivity index (χ1n) is 16.4. The highest BCUT2D eigenvalue weighted by molar-refractivity contribution is 7.92. The zero-order valence-corrected chi connectivity index (χ0v) is 29.5. The first-order chi connectivity index (χ1) is 22.7. The average Bonchev–Trinajstić information content (AvgIpc) is 3.05. The summed E-state index contributed by atoms with van der Waals surface area (Å²) in [4.78, 5) is 39.5. The number of nitrogens with zero attached hydrogens (tertiary/aromatic N) is 1. The van der Waals surface area contributed by atoms with E-state index in [-0.39, 0.29) is 41.4 Å². The molecule has 3 amide bonds. The fourth-order valence-electron chi connectivity index (χ4n) is 5.39. The van der Waals surface area contributed by atoms with E-state index in [0.29, 0.717) is 24.2 Å². The number of rotatable bonds is 17. The van der Waals surface area contributed by atoms with Gasteiger partial charge in [-0.1, -0.05) is 94.4 Å². The van der Waals surface area contributed by atoms with Crippen LogP contribution in [-0.4, -0.2) is 56.5 Å². The number of benzene rings is 3. The molecule has 260 valence electrons. The molecule has 0 fully saturated rings. The van der Waals surface area contributed by atoms with Crippen LogP contribution < -0.4 is 20.3 Å². The normalized spacial score (nSPS) is 14.1. The Morgan fingerprint density at radius 3 is 1.96 bits per heavy atom. The highest BCUT2D eigenvalue weighted by atomic mass is 32.2. The standard InChI is InChI=1S/C37H50N4O6S/c1-25(2)20-33(34(42)22-32(26(3)4)37(45)39-27(5)35(43)38-23-28-14-9-7-10-15-28)40-36(44)30-18-13-19-31(21-30)41(6)48(46,47)24-29-16-11-8-12-17-29/h7-19,21,25-27,32-34,42H,20,22-24H2,1-6H3,(H,38,43)(H,39,45)(H,40,44)/t27-,32-,33-,34-/m0/s1. The second-order valence-electron chi connectivity index (χ2n) is 13.1. The minimum absolute atomic E-state index is 0.0695. The molecule has 11 heteroatoms. The van der Waals surface area contributed by atoms with Gasteiger partial charge in [0.25, 0.3) is 5.91 Å². The maximum absolute atomic E-state index is 13.5. The van der Waals surface area contributed by atoms with E-state index < -0.39 is 40.0 Å². The second kappa shape index (κ2) is 17.8. The van der Waals surface area contributed by atoms with E-state index in [9.17, 15) is 27.9 Å². The van der Waals surface area contributed by atoms with Crippen molar-refractivity contribution in [2.24, 2.45) is 17.8 Å². The van der Waals surface area contributed by atoms with Gasteiger partial charge in [-0.05, 0) is 60.9 Å². The average molecular weight is 679 g/mol. The van der Waals surface area contributed by atoms with Gasteiger partial charge in [0.05, 0.1) is 23.6 Å². The summed E-state index contributed by atoms with van der Waals surface area (Å²) in [5.74, 6) is -1.99. The van der Waals surface area contributed by atoms with E-state index in [4.69, 9.17) is 0 Å². The molecule has 0 saturated carbocycles. The molecule has 0 radical (unpaired) electrons. The molecular formula is C37H50N4O6S. The van der Waals surface area contributed by atoms with Crippen molar-refractivity contribution in [2.75, 3.05) is 11.4 Å². The first-order valence-corrected chi connectivity index (χ1v) is 18.0. The van der Waals surface area contributed by atoms with Crippen molar-refractivity contribution in [1.82, 2.24) is 16.0 Å². The number of amides is 3. The highest BCUT2D eigenvalue weighted by Gasteiger charge is 2.32. The molecule has 0 saturated heterocycles. The Labute approximate surface area is 285 Å². The number of hydrogen-bond donors (Lipinski definition) is 4. The molecule has 0 aliphatic carbocycles. The summed E-state index contributed by atoms with van der Waals surface area (Å²) in [6, 6.07) is 23.2. The third-order valence-electron chi connectivity index (χ3n) is 8.29. The maximum atomic E-state index is 13.5. The third-order valence-corrected chi connectivity index (χ3v) is 10.0. The molecule has 0 aromatic heterocycles. The molecule has 0 aliphatic heterocycles. The van der Waals surface area contributed by atoms with Crippen LogP contribution in [0.2, 0.25) is 0 Å². The molecule has 0 heterocycles. The van der Waals surface area contributed by atoms with Gasteiger partial charge in [0.2, 0.25) is 21.8 Å². The Hall–Kier alpha value is -4.22. The van der Waals surface area contributed by atoms with Gasteiger partial charge in [-0.2, -0.15) is 0 Å². The lowest BCUT2D eigenvalue weighted by molar-refractivity contribution is -0.132. The summed E-state index contributed by atoms with van der Waals surface area (Å²) in [5, 5.41) is 20.0. The quantitative estimate of drug-likeness (QED) is 0.164. The van der Waals surface area contributed by atoms with Gasteiger partial charge in [-0.3, -0.25) is 18.7 Å². The molecule has 3 aromatic carbocycles. The van der Waals surface area contributed by atoms with Gasteiger partial charge in [0.15, 0.2) is 0 Å². The van der Waals surface area contributed by atoms with Crippen LogP contribution in [0.4, 0.5) is 5.69 Å². The summed E-state index contributed by atoms with van der Waals surface area (Å²) in [6.45, 7) is 9.66. The maximum Gasteiger partial charge on any atom is 0.251 e. The molecule has 0 bridgehead atoms. The lowest BCUT2D eigenvalue weighted by Crippen LogP contribution is -2.49. The van der Waals surface area contributed by atoms with Crippen LogP contribution in [0.25, 0.3) is 0 Å². The number of hydrogen-bond acceptors (Lipinski definition) is 6. The van der Waals surface area contributed by atoms with Gasteiger partial charge < -0.3 is 21.1 Å². The summed E-state index contributed by atoms with van der Waals surface area (Å²) >= 11 is 0. The number of sulfonamides is 1. The van der Waals surface area contributed by atoms with Crippen LogP contribution in [0.15, 0.2) is 84.9 Å². The summed E-state index contributed by atoms with van der Waals surface area (Å²) in [7, 11) is -2.27. The van der Waals surface area contributed by atoms with Crippen LogP contribution in [0.5, 0.6) is 0 Å². The minimum atomic E-state index is -3.72. The molecule has 10 nitrogen and oxygen atoms in total. The van der Waals surface area contributed by atoms with E-state index in [1.54, 1.807) is 49.4 Å². The Morgan fingerprint density at radius 2 is 1.38 bits per heavy atom. The van der Waals surface area contributed by atoms with Crippen molar-refractivity contribution in [1.29, 1.82) is 0 Å². The van der Waals surface area contributed by atoms with Gasteiger partial charge in [-0.25, -0.2) is 8.42 Å². The van der Waals surface area contributed by atoms with Crippen LogP contribution in [0.3, 0.4) is 0 Å². The monoisotopic (exact) mass is 678 g/mol. The lowest BCUT2D eigenvalue weighted by Gasteiger charge is -2.30. The van der Waals surface area contributed by atoms with E-state index in [1.165, 1.54) is 13.1 Å². The number of aliphatic hydroxyl groups is 1. The molecule has 0 unspecified atom stereocenters. The van der Waals surface area contributed by atoms with E-state index >= 15 is 0 Å². The molecule has 48 heavy (non-hydrogen) atoms. The van der Waals surface area contributed by atoms with Crippen molar-refractivity contribution in [3.8, 4) is 0 Å². The van der Waals surface area contributed by atoms with E-state index in [1.807, 2.05) is 64.1 Å². The molecule has 0 aliphatic rings. The van der Waals surface area contributed by atoms with Crippen molar-refractivity contribution in [3.05, 3.63) is 102 Å². The van der Waals surface area contributed by atoms with Gasteiger partial charge in [-0.15, -0.1) is 0 Å². The van der Waals surface area contributed by atoms with Crippen molar-refractivity contribution < 1.29 is 27.9 Å². The summed E-state index contributed by atoms with van der Waals surface area (Å²) in [6.07, 6.45) is -0.545. The van der Waals surface area contributed by atoms with Gasteiger partial charge in [0.1, 0.15) is 6.04 Å². The lowest BCUT2D eigenvalue weighted by atomic mass is 9.85. The zero-order chi connectivity index (χ0) is 35.4. The topological polar surface area (TPSA) is 145 Å². The Morgan fingerprint density at radius 1 is 0.771 bits per heavy atom. The minimum Gasteiger partial charge on any atom is -0.391 e. The summed E-state index contributed by atoms with van der Waals surface area (Å²) in [5.41, 5.74) is 2.16. The molecule has 4 N–H and O–H groups in total. The van der Waals surface area contributed by atoms with Crippen molar-refractivity contribution >= 4 is 33.4 Å². The third kappa shape index (κ3) is 11.5. The number of nitrogens with one attached hydrogen (secondary N) is 3. The smallest absolute Gasteiger partial charge is 0.251 e. The molecule has 4 atom stereocenters.